The molecule has 1 aromatic carbocycles. The van der Waals surface area contributed by atoms with Crippen LogP contribution < -0.4 is 10.2 Å². The first-order valence-corrected chi connectivity index (χ1v) is 9.45. The number of ether oxygens (including phenoxy) is 1. The highest BCUT2D eigenvalue weighted by Gasteiger charge is 2.28. The van der Waals surface area contributed by atoms with Gasteiger partial charge in [0.15, 0.2) is 0 Å². The molecule has 0 aliphatic carbocycles. The maximum Gasteiger partial charge on any atom is 0.227 e. The van der Waals surface area contributed by atoms with Gasteiger partial charge in [-0.25, -0.2) is 4.98 Å². The van der Waals surface area contributed by atoms with Crippen LogP contribution in [0.15, 0.2) is 36.4 Å². The van der Waals surface area contributed by atoms with Crippen LogP contribution in [0.5, 0.6) is 0 Å². The molecule has 0 spiro atoms. The molecule has 3 N–H and O–H groups in total. The van der Waals surface area contributed by atoms with E-state index in [9.17, 15) is 5.11 Å². The van der Waals surface area contributed by atoms with Crippen LogP contribution in [0.2, 0.25) is 0 Å². The number of anilines is 2. The smallest absolute Gasteiger partial charge is 0.227 e. The van der Waals surface area contributed by atoms with Gasteiger partial charge in [0.25, 0.3) is 0 Å². The number of nitrogens with zero attached hydrogens (tertiary/aromatic N) is 3. The van der Waals surface area contributed by atoms with Crippen LogP contribution in [0, 0.1) is 0 Å². The second kappa shape index (κ2) is 6.83. The molecular formula is C20H23N5O2. The minimum atomic E-state index is -0.283. The van der Waals surface area contributed by atoms with Crippen molar-refractivity contribution in [3.63, 3.8) is 0 Å². The fraction of sp³-hybridized carbons (Fsp3) is 0.400. The normalized spacial score (nSPS) is 20.2. The quantitative estimate of drug-likeness (QED) is 0.643. The van der Waals surface area contributed by atoms with E-state index in [1.165, 1.54) is 5.39 Å². The van der Waals surface area contributed by atoms with Crippen LogP contribution in [0.4, 0.5) is 11.8 Å². The van der Waals surface area contributed by atoms with Crippen LogP contribution in [-0.2, 0) is 11.3 Å². The highest BCUT2D eigenvalue weighted by atomic mass is 16.5. The summed E-state index contributed by atoms with van der Waals surface area (Å²) in [6.45, 7) is 3.33. The van der Waals surface area contributed by atoms with Crippen LogP contribution in [0.25, 0.3) is 10.9 Å². The molecule has 140 valence electrons. The molecular weight excluding hydrogens is 342 g/mol. The van der Waals surface area contributed by atoms with Gasteiger partial charge in [-0.05, 0) is 23.9 Å². The minimum Gasteiger partial charge on any atom is -0.389 e. The molecule has 27 heavy (non-hydrogen) atoms. The predicted octanol–water partition coefficient (Wildman–Crippen LogP) is 2.25. The molecule has 0 unspecified atom stereocenters. The van der Waals surface area contributed by atoms with Crippen molar-refractivity contribution in [1.29, 1.82) is 0 Å². The molecule has 2 saturated heterocycles. The molecule has 2 fully saturated rings. The van der Waals surface area contributed by atoms with Crippen LogP contribution >= 0.6 is 0 Å². The molecule has 4 heterocycles. The number of H-pyrrole nitrogens is 1. The molecule has 3 aromatic rings. The number of benzene rings is 1. The van der Waals surface area contributed by atoms with Crippen LogP contribution in [-0.4, -0.2) is 52.5 Å². The zero-order chi connectivity index (χ0) is 18.2. The van der Waals surface area contributed by atoms with E-state index in [1.54, 1.807) is 0 Å². The molecule has 2 aliphatic heterocycles. The average molecular weight is 365 g/mol. The molecule has 0 radical (unpaired) electrons. The van der Waals surface area contributed by atoms with E-state index >= 15 is 0 Å². The molecule has 0 saturated carbocycles. The number of hydrogen-bond acceptors (Lipinski definition) is 6. The molecule has 7 heteroatoms. The third-order valence-electron chi connectivity index (χ3n) is 5.27. The van der Waals surface area contributed by atoms with Crippen LogP contribution in [0.1, 0.15) is 23.7 Å². The van der Waals surface area contributed by atoms with E-state index in [4.69, 9.17) is 9.72 Å². The molecule has 0 amide bonds. The van der Waals surface area contributed by atoms with Crippen molar-refractivity contribution in [3.8, 4) is 0 Å². The number of rotatable bonds is 5. The van der Waals surface area contributed by atoms with Crippen LogP contribution in [0.3, 0.4) is 0 Å². The van der Waals surface area contributed by atoms with E-state index in [2.05, 4.69) is 33.5 Å². The van der Waals surface area contributed by atoms with Gasteiger partial charge in [-0.2, -0.15) is 4.98 Å². The third kappa shape index (κ3) is 3.36. The summed E-state index contributed by atoms with van der Waals surface area (Å²) in [6, 6.07) is 12.4. The Balaban J connectivity index is 1.38. The SMILES string of the molecule is OC1CN(c2nc(NCc3cc4ccccc4[nH]3)cc([C@@H]3CCOC3)n2)C1. The maximum atomic E-state index is 9.61. The lowest BCUT2D eigenvalue weighted by Crippen LogP contribution is -2.51. The monoisotopic (exact) mass is 365 g/mol. The Kier molecular flexibility index (Phi) is 4.18. The fourth-order valence-electron chi connectivity index (χ4n) is 3.69. The van der Waals surface area contributed by atoms with Gasteiger partial charge in [0.05, 0.1) is 24.9 Å². The van der Waals surface area contributed by atoms with Crippen molar-refractivity contribution in [2.75, 3.05) is 36.5 Å². The first-order chi connectivity index (χ1) is 13.2. The number of para-hydroxylation sites is 1. The predicted molar refractivity (Wildman–Crippen MR) is 104 cm³/mol. The molecule has 0 bridgehead atoms. The summed E-state index contributed by atoms with van der Waals surface area (Å²) < 4.78 is 5.53. The van der Waals surface area contributed by atoms with Crippen molar-refractivity contribution in [2.45, 2.75) is 25.0 Å². The number of aromatic amines is 1. The average Bonchev–Trinajstić information content (AvgIpc) is 3.33. The van der Waals surface area contributed by atoms with Gasteiger partial charge in [-0.3, -0.25) is 0 Å². The maximum absolute atomic E-state index is 9.61. The molecule has 2 aliphatic rings. The Labute approximate surface area is 157 Å². The van der Waals surface area contributed by atoms with Gasteiger partial charge in [-0.15, -0.1) is 0 Å². The highest BCUT2D eigenvalue weighted by molar-refractivity contribution is 5.80. The number of aliphatic hydroxyl groups excluding tert-OH is 1. The van der Waals surface area contributed by atoms with E-state index in [0.717, 1.165) is 35.8 Å². The van der Waals surface area contributed by atoms with Gasteiger partial charge < -0.3 is 25.0 Å². The summed E-state index contributed by atoms with van der Waals surface area (Å²) in [7, 11) is 0. The Hall–Kier alpha value is -2.64. The van der Waals surface area contributed by atoms with Gasteiger partial charge in [0.2, 0.25) is 5.95 Å². The summed E-state index contributed by atoms with van der Waals surface area (Å²) in [5.41, 5.74) is 3.26. The van der Waals surface area contributed by atoms with Crippen molar-refractivity contribution in [2.24, 2.45) is 0 Å². The second-order valence-corrected chi connectivity index (χ2v) is 7.33. The first-order valence-electron chi connectivity index (χ1n) is 9.45. The Bertz CT molecular complexity index is 911. The lowest BCUT2D eigenvalue weighted by molar-refractivity contribution is 0.140. The van der Waals surface area contributed by atoms with E-state index in [1.807, 2.05) is 23.1 Å². The van der Waals surface area contributed by atoms with Crippen molar-refractivity contribution in [3.05, 3.63) is 47.8 Å². The summed E-state index contributed by atoms with van der Waals surface area (Å²) in [4.78, 5) is 14.8. The zero-order valence-electron chi connectivity index (χ0n) is 15.1. The van der Waals surface area contributed by atoms with E-state index in [0.29, 0.717) is 38.1 Å². The Morgan fingerprint density at radius 3 is 2.89 bits per heavy atom. The number of β-amino-alcohol motifs (C(OH)–C–C–N with tert-alkyl or cyclic N) is 1. The molecule has 7 nitrogen and oxygen atoms in total. The lowest BCUT2D eigenvalue weighted by atomic mass is 10.0. The highest BCUT2D eigenvalue weighted by Crippen LogP contribution is 2.28. The second-order valence-electron chi connectivity index (χ2n) is 7.33. The van der Waals surface area contributed by atoms with Crippen molar-refractivity contribution in [1.82, 2.24) is 15.0 Å². The van der Waals surface area contributed by atoms with Gasteiger partial charge in [-0.1, -0.05) is 18.2 Å². The number of aromatic nitrogens is 3. The molecule has 5 rings (SSSR count). The van der Waals surface area contributed by atoms with E-state index in [-0.39, 0.29) is 6.10 Å². The summed E-state index contributed by atoms with van der Waals surface area (Å²) >= 11 is 0. The van der Waals surface area contributed by atoms with Gasteiger partial charge in [0, 0.05) is 42.9 Å². The number of fused-ring (bicyclic) bond motifs is 1. The number of nitrogens with one attached hydrogen (secondary N) is 2. The zero-order valence-corrected chi connectivity index (χ0v) is 15.1. The largest absolute Gasteiger partial charge is 0.389 e. The minimum absolute atomic E-state index is 0.283. The standard InChI is InChI=1S/C20H23N5O2/c26-16-10-25(11-16)20-23-18(14-5-6-27-12-14)8-19(24-20)21-9-15-7-13-3-1-2-4-17(13)22-15/h1-4,7-8,14,16,22,26H,5-6,9-12H2,(H,21,23,24)/t14-/m1/s1. The van der Waals surface area contributed by atoms with Crippen molar-refractivity contribution >= 4 is 22.7 Å². The van der Waals surface area contributed by atoms with Gasteiger partial charge >= 0.3 is 0 Å². The Morgan fingerprint density at radius 2 is 2.11 bits per heavy atom. The number of aliphatic hydroxyl groups is 1. The van der Waals surface area contributed by atoms with Crippen molar-refractivity contribution < 1.29 is 9.84 Å². The first kappa shape index (κ1) is 16.5. The molecule has 1 atom stereocenters. The Morgan fingerprint density at radius 1 is 1.22 bits per heavy atom. The summed E-state index contributed by atoms with van der Waals surface area (Å²) in [6.07, 6.45) is 0.704. The topological polar surface area (TPSA) is 86.3 Å². The van der Waals surface area contributed by atoms with Gasteiger partial charge in [0.1, 0.15) is 5.82 Å². The lowest BCUT2D eigenvalue weighted by Gasteiger charge is -2.36. The fourth-order valence-corrected chi connectivity index (χ4v) is 3.69. The number of hydrogen-bond donors (Lipinski definition) is 3. The summed E-state index contributed by atoms with van der Waals surface area (Å²) in [5.74, 6) is 1.80. The molecule has 2 aromatic heterocycles. The van der Waals surface area contributed by atoms with E-state index < -0.39 is 0 Å². The third-order valence-corrected chi connectivity index (χ3v) is 5.27. The summed E-state index contributed by atoms with van der Waals surface area (Å²) in [5, 5.41) is 14.2.